The molecule has 0 spiro atoms. The predicted octanol–water partition coefficient (Wildman–Crippen LogP) is 3.78. The van der Waals surface area contributed by atoms with Gasteiger partial charge in [-0.3, -0.25) is 4.79 Å². The number of halogens is 2. The van der Waals surface area contributed by atoms with E-state index in [1.54, 1.807) is 13.0 Å². The van der Waals surface area contributed by atoms with Gasteiger partial charge in [-0.15, -0.1) is 0 Å². The zero-order valence-corrected chi connectivity index (χ0v) is 20.1. The molecule has 0 saturated carbocycles. The summed E-state index contributed by atoms with van der Waals surface area (Å²) in [6.45, 7) is 1.89. The topological polar surface area (TPSA) is 84.0 Å². The number of hydrogen-bond acceptors (Lipinski definition) is 5. The highest BCUT2D eigenvalue weighted by atomic mass is 35.5. The van der Waals surface area contributed by atoms with Crippen LogP contribution >= 0.6 is 11.6 Å². The van der Waals surface area contributed by atoms with E-state index in [0.29, 0.717) is 18.7 Å². The fraction of sp³-hybridized carbons (Fsp3) is 0.391. The number of hydrogen-bond donors (Lipinski definition) is 0. The molecule has 0 N–H and O–H groups in total. The van der Waals surface area contributed by atoms with Crippen molar-refractivity contribution in [2.24, 2.45) is 0 Å². The summed E-state index contributed by atoms with van der Waals surface area (Å²) in [6.07, 6.45) is 2.59. The Bertz CT molecular complexity index is 1130. The van der Waals surface area contributed by atoms with Crippen LogP contribution in [0.4, 0.5) is 4.39 Å². The lowest BCUT2D eigenvalue weighted by Crippen LogP contribution is -2.36. The van der Waals surface area contributed by atoms with Gasteiger partial charge in [-0.1, -0.05) is 30.2 Å². The van der Waals surface area contributed by atoms with Crippen molar-refractivity contribution in [2.45, 2.75) is 37.6 Å². The number of sulfonamides is 1. The number of nitrogens with zero attached hydrogens (tertiary/aromatic N) is 2. The zero-order valence-electron chi connectivity index (χ0n) is 18.5. The first-order valence-corrected chi connectivity index (χ1v) is 12.4. The van der Waals surface area contributed by atoms with Crippen molar-refractivity contribution < 1.29 is 27.1 Å². The Balaban J connectivity index is 1.67. The molecule has 7 nitrogen and oxygen atoms in total. The summed E-state index contributed by atoms with van der Waals surface area (Å²) in [6, 6.07) is 8.51. The second-order valence-electron chi connectivity index (χ2n) is 7.97. The van der Waals surface area contributed by atoms with Gasteiger partial charge in [0, 0.05) is 37.3 Å². The molecule has 0 aromatic heterocycles. The highest BCUT2D eigenvalue weighted by Crippen LogP contribution is 2.25. The molecule has 1 aliphatic heterocycles. The van der Waals surface area contributed by atoms with Gasteiger partial charge in [0.25, 0.3) is 5.91 Å². The largest absolute Gasteiger partial charge is 0.452 e. The fourth-order valence-electron chi connectivity index (χ4n) is 3.58. The van der Waals surface area contributed by atoms with Crippen LogP contribution in [0.5, 0.6) is 0 Å². The van der Waals surface area contributed by atoms with E-state index >= 15 is 0 Å². The third-order valence-electron chi connectivity index (χ3n) is 5.57. The molecule has 0 atom stereocenters. The zero-order chi connectivity index (χ0) is 24.2. The summed E-state index contributed by atoms with van der Waals surface area (Å²) >= 11 is 5.99. The highest BCUT2D eigenvalue weighted by molar-refractivity contribution is 7.89. The Kier molecular flexibility index (Phi) is 8.10. The van der Waals surface area contributed by atoms with E-state index in [2.05, 4.69) is 0 Å². The van der Waals surface area contributed by atoms with Crippen molar-refractivity contribution in [3.8, 4) is 0 Å². The number of amides is 1. The molecular weight excluding hydrogens is 471 g/mol. The lowest BCUT2D eigenvalue weighted by Gasteiger charge is -2.26. The number of carbonyl (C=O) groups excluding carboxylic acids is 2. The van der Waals surface area contributed by atoms with Crippen LogP contribution in [0.15, 0.2) is 41.3 Å². The number of rotatable bonds is 7. The molecule has 1 fully saturated rings. The molecule has 10 heteroatoms. The number of ether oxygens (including phenoxy) is 1. The minimum Gasteiger partial charge on any atom is -0.452 e. The lowest BCUT2D eigenvalue weighted by atomic mass is 10.1. The van der Waals surface area contributed by atoms with E-state index in [4.69, 9.17) is 16.3 Å². The van der Waals surface area contributed by atoms with Gasteiger partial charge < -0.3 is 9.64 Å². The Labute approximate surface area is 198 Å². The summed E-state index contributed by atoms with van der Waals surface area (Å²) < 4.78 is 46.6. The third-order valence-corrected chi connectivity index (χ3v) is 7.96. The first-order valence-electron chi connectivity index (χ1n) is 10.6. The number of carbonyl (C=O) groups is 2. The van der Waals surface area contributed by atoms with Gasteiger partial charge >= 0.3 is 5.97 Å². The maximum atomic E-state index is 14.0. The molecule has 0 unspecified atom stereocenters. The summed E-state index contributed by atoms with van der Waals surface area (Å²) in [5, 5.41) is 0.189. The summed E-state index contributed by atoms with van der Waals surface area (Å²) in [7, 11) is -2.30. The Morgan fingerprint density at radius 2 is 1.85 bits per heavy atom. The van der Waals surface area contributed by atoms with Crippen molar-refractivity contribution in [3.05, 3.63) is 63.9 Å². The maximum absolute atomic E-state index is 14.0. The first-order chi connectivity index (χ1) is 15.6. The van der Waals surface area contributed by atoms with Gasteiger partial charge in [0.2, 0.25) is 10.0 Å². The van der Waals surface area contributed by atoms with Crippen LogP contribution in [-0.2, 0) is 26.1 Å². The van der Waals surface area contributed by atoms with Crippen LogP contribution in [0.25, 0.3) is 0 Å². The Morgan fingerprint density at radius 1 is 1.15 bits per heavy atom. The molecule has 1 heterocycles. The summed E-state index contributed by atoms with van der Waals surface area (Å²) in [5.41, 5.74) is 0.714. The van der Waals surface area contributed by atoms with Gasteiger partial charge in [0.05, 0.1) is 10.5 Å². The van der Waals surface area contributed by atoms with Crippen LogP contribution in [-0.4, -0.2) is 56.2 Å². The summed E-state index contributed by atoms with van der Waals surface area (Å²) in [4.78, 5) is 26.1. The highest BCUT2D eigenvalue weighted by Gasteiger charge is 2.28. The molecule has 0 radical (unpaired) electrons. The Morgan fingerprint density at radius 3 is 2.52 bits per heavy atom. The van der Waals surface area contributed by atoms with E-state index in [-0.39, 0.29) is 27.6 Å². The fourth-order valence-corrected chi connectivity index (χ4v) is 5.57. The van der Waals surface area contributed by atoms with E-state index in [0.717, 1.165) is 19.3 Å². The van der Waals surface area contributed by atoms with Gasteiger partial charge in [-0.05, 0) is 49.6 Å². The molecule has 0 aliphatic carbocycles. The third kappa shape index (κ3) is 5.90. The van der Waals surface area contributed by atoms with Crippen molar-refractivity contribution in [1.82, 2.24) is 9.21 Å². The van der Waals surface area contributed by atoms with Crippen LogP contribution in [0.1, 0.15) is 40.7 Å². The number of esters is 1. The Hall–Kier alpha value is -2.49. The number of piperidine rings is 1. The van der Waals surface area contributed by atoms with Gasteiger partial charge in [0.1, 0.15) is 5.82 Å². The second kappa shape index (κ2) is 10.6. The minimum absolute atomic E-state index is 0.0313. The molecule has 33 heavy (non-hydrogen) atoms. The van der Waals surface area contributed by atoms with Crippen molar-refractivity contribution in [2.75, 3.05) is 26.7 Å². The number of benzene rings is 2. The normalized spacial score (nSPS) is 14.7. The van der Waals surface area contributed by atoms with Crippen LogP contribution < -0.4 is 0 Å². The molecule has 1 aliphatic rings. The predicted molar refractivity (Wildman–Crippen MR) is 122 cm³/mol. The van der Waals surface area contributed by atoms with E-state index in [1.165, 1.54) is 46.6 Å². The molecule has 178 valence electrons. The van der Waals surface area contributed by atoms with Gasteiger partial charge in [-0.2, -0.15) is 4.31 Å². The van der Waals surface area contributed by atoms with E-state index in [9.17, 15) is 22.4 Å². The lowest BCUT2D eigenvalue weighted by molar-refractivity contribution is -0.133. The van der Waals surface area contributed by atoms with Crippen LogP contribution in [0, 0.1) is 12.7 Å². The molecule has 3 rings (SSSR count). The smallest absolute Gasteiger partial charge is 0.338 e. The van der Waals surface area contributed by atoms with Crippen molar-refractivity contribution in [1.29, 1.82) is 0 Å². The van der Waals surface area contributed by atoms with Gasteiger partial charge in [-0.25, -0.2) is 17.6 Å². The second-order valence-corrected chi connectivity index (χ2v) is 10.3. The average molecular weight is 497 g/mol. The molecule has 1 amide bonds. The first kappa shape index (κ1) is 25.1. The minimum atomic E-state index is -3.73. The quantitative estimate of drug-likeness (QED) is 0.545. The van der Waals surface area contributed by atoms with Crippen LogP contribution in [0.3, 0.4) is 0 Å². The maximum Gasteiger partial charge on any atom is 0.338 e. The average Bonchev–Trinajstić information content (AvgIpc) is 2.80. The molecule has 1 saturated heterocycles. The molecule has 2 aromatic rings. The number of likely N-dealkylation sites (N-methyl/N-ethyl adjacent to an activating group) is 1. The van der Waals surface area contributed by atoms with Gasteiger partial charge in [0.15, 0.2) is 6.61 Å². The standard InChI is InChI=1S/C23H26ClFN2O5S/c1-16-9-10-17(13-21(16)33(30,31)27-11-4-3-5-12-27)23(29)32-15-22(28)26(2)14-18-19(24)7-6-8-20(18)25/h6-10,13H,3-5,11-12,14-15H2,1-2H3. The van der Waals surface area contributed by atoms with Crippen LogP contribution in [0.2, 0.25) is 5.02 Å². The molecule has 2 aromatic carbocycles. The SMILES string of the molecule is Cc1ccc(C(=O)OCC(=O)N(C)Cc2c(F)cccc2Cl)cc1S(=O)(=O)N1CCCCC1. The van der Waals surface area contributed by atoms with E-state index < -0.39 is 34.3 Å². The summed E-state index contributed by atoms with van der Waals surface area (Å²) in [5.74, 6) is -1.92. The molecular formula is C23H26ClFN2O5S. The van der Waals surface area contributed by atoms with Crippen molar-refractivity contribution in [3.63, 3.8) is 0 Å². The number of aryl methyl sites for hydroxylation is 1. The molecule has 0 bridgehead atoms. The monoisotopic (exact) mass is 496 g/mol. The van der Waals surface area contributed by atoms with E-state index in [1.807, 2.05) is 0 Å². The van der Waals surface area contributed by atoms with Crippen molar-refractivity contribution >= 4 is 33.5 Å².